The summed E-state index contributed by atoms with van der Waals surface area (Å²) < 4.78 is 4.95. The van der Waals surface area contributed by atoms with Gasteiger partial charge < -0.3 is 9.40 Å². The minimum atomic E-state index is -0.377. The summed E-state index contributed by atoms with van der Waals surface area (Å²) in [4.78, 5) is 14.7. The van der Waals surface area contributed by atoms with Crippen LogP contribution in [0, 0.1) is 0 Å². The molecule has 0 saturated carbocycles. The molecule has 3 aromatic rings. The second-order valence-electron chi connectivity index (χ2n) is 3.99. The van der Waals surface area contributed by atoms with Gasteiger partial charge in [-0.05, 0) is 24.3 Å². The summed E-state index contributed by atoms with van der Waals surface area (Å²) in [5.74, 6) is -0.147. The quantitative estimate of drug-likeness (QED) is 0.556. The van der Waals surface area contributed by atoms with Gasteiger partial charge in [-0.1, -0.05) is 18.2 Å². The fourth-order valence-electron chi connectivity index (χ4n) is 1.79. The molecule has 1 amide bonds. The molecule has 0 unspecified atom stereocenters. The van der Waals surface area contributed by atoms with E-state index in [1.54, 1.807) is 18.3 Å². The van der Waals surface area contributed by atoms with Crippen molar-refractivity contribution in [2.45, 2.75) is 0 Å². The zero-order valence-corrected chi connectivity index (χ0v) is 9.96. The molecule has 2 aromatic heterocycles. The average Bonchev–Trinajstić information content (AvgIpc) is 3.07. The molecule has 5 heteroatoms. The Balaban J connectivity index is 1.71. The SMILES string of the molecule is O=C(N/N=C/c1cc2ccccc2[nH]1)c1ccco1. The van der Waals surface area contributed by atoms with Crippen LogP contribution in [0.25, 0.3) is 10.9 Å². The van der Waals surface area contributed by atoms with E-state index in [0.717, 1.165) is 16.6 Å². The van der Waals surface area contributed by atoms with E-state index >= 15 is 0 Å². The van der Waals surface area contributed by atoms with Gasteiger partial charge in [0.25, 0.3) is 0 Å². The molecule has 0 aliphatic rings. The Morgan fingerprint density at radius 2 is 2.16 bits per heavy atom. The number of hydrazone groups is 1. The van der Waals surface area contributed by atoms with Crippen molar-refractivity contribution in [2.75, 3.05) is 0 Å². The van der Waals surface area contributed by atoms with Crippen LogP contribution in [0.15, 0.2) is 58.2 Å². The van der Waals surface area contributed by atoms with E-state index in [2.05, 4.69) is 15.5 Å². The van der Waals surface area contributed by atoms with E-state index in [0.29, 0.717) is 0 Å². The molecule has 94 valence electrons. The maximum absolute atomic E-state index is 11.5. The van der Waals surface area contributed by atoms with E-state index < -0.39 is 0 Å². The maximum atomic E-state index is 11.5. The first-order valence-corrected chi connectivity index (χ1v) is 5.77. The molecular weight excluding hydrogens is 242 g/mol. The van der Waals surface area contributed by atoms with E-state index in [1.807, 2.05) is 30.3 Å². The minimum absolute atomic E-state index is 0.230. The zero-order valence-electron chi connectivity index (χ0n) is 9.96. The molecule has 3 rings (SSSR count). The molecule has 2 N–H and O–H groups in total. The van der Waals surface area contributed by atoms with Crippen molar-refractivity contribution in [3.05, 3.63) is 60.2 Å². The molecule has 0 bridgehead atoms. The lowest BCUT2D eigenvalue weighted by atomic mass is 10.2. The average molecular weight is 253 g/mol. The van der Waals surface area contributed by atoms with Crippen molar-refractivity contribution in [2.24, 2.45) is 5.10 Å². The normalized spacial score (nSPS) is 11.2. The number of rotatable bonds is 3. The van der Waals surface area contributed by atoms with Gasteiger partial charge in [-0.3, -0.25) is 4.79 Å². The number of aromatic nitrogens is 1. The molecule has 0 atom stereocenters. The number of hydrogen-bond acceptors (Lipinski definition) is 3. The van der Waals surface area contributed by atoms with Gasteiger partial charge in [0, 0.05) is 10.9 Å². The number of nitrogens with zero attached hydrogens (tertiary/aromatic N) is 1. The Morgan fingerprint density at radius 3 is 2.95 bits per heavy atom. The standard InChI is InChI=1S/C14H11N3O2/c18-14(13-6-3-7-19-13)17-15-9-11-8-10-4-1-2-5-12(10)16-11/h1-9,16H,(H,17,18)/b15-9+. The highest BCUT2D eigenvalue weighted by Crippen LogP contribution is 2.13. The Hall–Kier alpha value is -2.82. The Labute approximate surface area is 108 Å². The summed E-state index contributed by atoms with van der Waals surface area (Å²) in [5.41, 5.74) is 4.24. The van der Waals surface area contributed by atoms with Crippen LogP contribution >= 0.6 is 0 Å². The third-order valence-corrected chi connectivity index (χ3v) is 2.67. The monoisotopic (exact) mass is 253 g/mol. The number of amides is 1. The second kappa shape index (κ2) is 4.81. The summed E-state index contributed by atoms with van der Waals surface area (Å²) in [6.45, 7) is 0. The number of fused-ring (bicyclic) bond motifs is 1. The first-order chi connectivity index (χ1) is 9.33. The third-order valence-electron chi connectivity index (χ3n) is 2.67. The van der Waals surface area contributed by atoms with Crippen LogP contribution in [0.4, 0.5) is 0 Å². The summed E-state index contributed by atoms with van der Waals surface area (Å²) in [6, 6.07) is 13.1. The number of furan rings is 1. The van der Waals surface area contributed by atoms with Gasteiger partial charge in [-0.25, -0.2) is 5.43 Å². The molecule has 0 radical (unpaired) electrons. The fourth-order valence-corrected chi connectivity index (χ4v) is 1.79. The molecule has 0 spiro atoms. The lowest BCUT2D eigenvalue weighted by Crippen LogP contribution is -2.16. The molecule has 19 heavy (non-hydrogen) atoms. The maximum Gasteiger partial charge on any atom is 0.307 e. The topological polar surface area (TPSA) is 70.4 Å². The number of nitrogens with one attached hydrogen (secondary N) is 2. The number of hydrogen-bond donors (Lipinski definition) is 2. The van der Waals surface area contributed by atoms with Crippen LogP contribution in [-0.2, 0) is 0 Å². The number of aromatic amines is 1. The number of H-pyrrole nitrogens is 1. The smallest absolute Gasteiger partial charge is 0.307 e. The van der Waals surface area contributed by atoms with Crippen molar-refractivity contribution in [3.8, 4) is 0 Å². The van der Waals surface area contributed by atoms with Crippen molar-refractivity contribution >= 4 is 23.0 Å². The lowest BCUT2D eigenvalue weighted by molar-refractivity contribution is 0.0927. The fraction of sp³-hybridized carbons (Fsp3) is 0. The molecule has 2 heterocycles. The predicted octanol–water partition coefficient (Wildman–Crippen LogP) is 2.52. The zero-order chi connectivity index (χ0) is 13.1. The van der Waals surface area contributed by atoms with Crippen LogP contribution in [0.1, 0.15) is 16.2 Å². The van der Waals surface area contributed by atoms with Crippen molar-refractivity contribution in [1.82, 2.24) is 10.4 Å². The van der Waals surface area contributed by atoms with Crippen molar-refractivity contribution < 1.29 is 9.21 Å². The van der Waals surface area contributed by atoms with Gasteiger partial charge in [0.1, 0.15) is 0 Å². The number of benzene rings is 1. The van der Waals surface area contributed by atoms with Crippen LogP contribution in [0.2, 0.25) is 0 Å². The molecule has 0 fully saturated rings. The number of carbonyl (C=O) groups is 1. The Morgan fingerprint density at radius 1 is 1.26 bits per heavy atom. The predicted molar refractivity (Wildman–Crippen MR) is 72.1 cm³/mol. The summed E-state index contributed by atoms with van der Waals surface area (Å²) >= 11 is 0. The molecule has 0 aliphatic heterocycles. The van der Waals surface area contributed by atoms with Gasteiger partial charge in [-0.2, -0.15) is 5.10 Å². The van der Waals surface area contributed by atoms with Gasteiger partial charge in [0.05, 0.1) is 18.2 Å². The van der Waals surface area contributed by atoms with Crippen molar-refractivity contribution in [3.63, 3.8) is 0 Å². The molecule has 0 saturated heterocycles. The Bertz CT molecular complexity index is 693. The van der Waals surface area contributed by atoms with E-state index in [-0.39, 0.29) is 11.7 Å². The molecule has 5 nitrogen and oxygen atoms in total. The number of para-hydroxylation sites is 1. The summed E-state index contributed by atoms with van der Waals surface area (Å²) in [7, 11) is 0. The van der Waals surface area contributed by atoms with Gasteiger partial charge in [0.15, 0.2) is 5.76 Å². The second-order valence-corrected chi connectivity index (χ2v) is 3.99. The van der Waals surface area contributed by atoms with E-state index in [1.165, 1.54) is 6.26 Å². The highest BCUT2D eigenvalue weighted by atomic mass is 16.3. The minimum Gasteiger partial charge on any atom is -0.459 e. The highest BCUT2D eigenvalue weighted by molar-refractivity contribution is 5.93. The van der Waals surface area contributed by atoms with Gasteiger partial charge in [-0.15, -0.1) is 0 Å². The Kier molecular flexibility index (Phi) is 2.86. The molecular formula is C14H11N3O2. The largest absolute Gasteiger partial charge is 0.459 e. The number of carbonyl (C=O) groups excluding carboxylic acids is 1. The summed E-state index contributed by atoms with van der Waals surface area (Å²) in [6.07, 6.45) is 3.00. The van der Waals surface area contributed by atoms with Crippen molar-refractivity contribution in [1.29, 1.82) is 0 Å². The van der Waals surface area contributed by atoms with Gasteiger partial charge >= 0.3 is 5.91 Å². The molecule has 0 aliphatic carbocycles. The third kappa shape index (κ3) is 2.40. The van der Waals surface area contributed by atoms with E-state index in [9.17, 15) is 4.79 Å². The van der Waals surface area contributed by atoms with Crippen LogP contribution in [-0.4, -0.2) is 17.1 Å². The first kappa shape index (κ1) is 11.3. The van der Waals surface area contributed by atoms with Crippen LogP contribution < -0.4 is 5.43 Å². The first-order valence-electron chi connectivity index (χ1n) is 5.77. The summed E-state index contributed by atoms with van der Waals surface area (Å²) in [5, 5.41) is 4.98. The lowest BCUT2D eigenvalue weighted by Gasteiger charge is -1.93. The highest BCUT2D eigenvalue weighted by Gasteiger charge is 2.05. The van der Waals surface area contributed by atoms with Crippen LogP contribution in [0.3, 0.4) is 0 Å². The molecule has 1 aromatic carbocycles. The van der Waals surface area contributed by atoms with Crippen LogP contribution in [0.5, 0.6) is 0 Å². The van der Waals surface area contributed by atoms with Gasteiger partial charge in [0.2, 0.25) is 0 Å². The van der Waals surface area contributed by atoms with E-state index in [4.69, 9.17) is 4.42 Å².